The van der Waals surface area contributed by atoms with Gasteiger partial charge in [0, 0.05) is 12.5 Å². The lowest BCUT2D eigenvalue weighted by Crippen LogP contribution is -1.93. The lowest BCUT2D eigenvalue weighted by Gasteiger charge is -2.04. The summed E-state index contributed by atoms with van der Waals surface area (Å²) in [6.07, 6.45) is 50.6. The van der Waals surface area contributed by atoms with E-state index in [0.717, 1.165) is 25.7 Å². The molecule has 4 heteroatoms. The van der Waals surface area contributed by atoms with E-state index in [1.807, 2.05) is 0 Å². The number of rotatable bonds is 37. The molecular formula is C42H82O4. The van der Waals surface area contributed by atoms with Gasteiger partial charge in [-0.05, 0) is 19.3 Å². The summed E-state index contributed by atoms with van der Waals surface area (Å²) in [4.78, 5) is 20.7. The van der Waals surface area contributed by atoms with Gasteiger partial charge in [-0.1, -0.05) is 225 Å². The van der Waals surface area contributed by atoms with Crippen molar-refractivity contribution in [3.8, 4) is 0 Å². The largest absolute Gasteiger partial charge is 0.481 e. The van der Waals surface area contributed by atoms with Crippen molar-refractivity contribution in [3.05, 3.63) is 12.2 Å². The van der Waals surface area contributed by atoms with Gasteiger partial charge in [0.2, 0.25) is 0 Å². The van der Waals surface area contributed by atoms with Crippen LogP contribution in [0.5, 0.6) is 0 Å². The van der Waals surface area contributed by atoms with E-state index in [4.69, 9.17) is 10.2 Å². The van der Waals surface area contributed by atoms with Gasteiger partial charge in [0.15, 0.2) is 0 Å². The lowest BCUT2D eigenvalue weighted by molar-refractivity contribution is -0.137. The van der Waals surface area contributed by atoms with Gasteiger partial charge in [0.25, 0.3) is 0 Å². The minimum absolute atomic E-state index is 0.346. The third-order valence-corrected chi connectivity index (χ3v) is 9.23. The summed E-state index contributed by atoms with van der Waals surface area (Å²) in [5.74, 6) is -1.48. The molecule has 274 valence electrons. The maximum absolute atomic E-state index is 10.4. The summed E-state index contributed by atoms with van der Waals surface area (Å²) in [5.41, 5.74) is 0. The molecule has 0 amide bonds. The smallest absolute Gasteiger partial charge is 0.327 e. The van der Waals surface area contributed by atoms with Gasteiger partial charge in [-0.2, -0.15) is 0 Å². The Bertz CT molecular complexity index is 615. The molecule has 0 aromatic heterocycles. The van der Waals surface area contributed by atoms with Crippen LogP contribution in [0.2, 0.25) is 0 Å². The summed E-state index contributed by atoms with van der Waals surface area (Å²) < 4.78 is 0. The van der Waals surface area contributed by atoms with Gasteiger partial charge >= 0.3 is 11.9 Å². The molecule has 0 aliphatic heterocycles. The van der Waals surface area contributed by atoms with E-state index in [2.05, 4.69) is 13.8 Å². The van der Waals surface area contributed by atoms with Crippen molar-refractivity contribution in [2.45, 2.75) is 245 Å². The topological polar surface area (TPSA) is 74.6 Å². The molecule has 0 heterocycles. The predicted octanol–water partition coefficient (Wildman–Crippen LogP) is 14.8. The first-order valence-corrected chi connectivity index (χ1v) is 20.7. The predicted molar refractivity (Wildman–Crippen MR) is 202 cm³/mol. The zero-order valence-corrected chi connectivity index (χ0v) is 31.3. The van der Waals surface area contributed by atoms with Crippen LogP contribution in [-0.4, -0.2) is 22.2 Å². The summed E-state index contributed by atoms with van der Waals surface area (Å²) >= 11 is 0. The van der Waals surface area contributed by atoms with E-state index in [9.17, 15) is 9.59 Å². The zero-order chi connectivity index (χ0) is 34.0. The standard InChI is InChI=1S/C23H46O2.C19H36O2/c1-2-3-4-5-6-7-8-9-10-11-12-13-14-15-16-17-18-19-20-21-22-23(24)25;1-2-3-4-5-6-7-8-9-10-11-12-13-14-15-16-17-18-19(20)21/h2-22H2,1H3,(H,24,25);17-18H,2-16H2,1H3,(H,20,21). The van der Waals surface area contributed by atoms with Crippen molar-refractivity contribution in [1.82, 2.24) is 0 Å². The molecule has 0 aromatic rings. The number of carboxylic acids is 2. The average Bonchev–Trinajstić information content (AvgIpc) is 3.03. The zero-order valence-electron chi connectivity index (χ0n) is 31.3. The Hall–Kier alpha value is -1.32. The van der Waals surface area contributed by atoms with Crippen LogP contribution >= 0.6 is 0 Å². The molecule has 0 radical (unpaired) electrons. The van der Waals surface area contributed by atoms with E-state index in [1.165, 1.54) is 205 Å². The summed E-state index contributed by atoms with van der Waals surface area (Å²) in [6.45, 7) is 4.56. The van der Waals surface area contributed by atoms with Gasteiger partial charge < -0.3 is 10.2 Å². The number of hydrogen-bond acceptors (Lipinski definition) is 2. The Morgan fingerprint density at radius 2 is 0.609 bits per heavy atom. The first-order chi connectivity index (χ1) is 22.5. The third kappa shape index (κ3) is 49.6. The monoisotopic (exact) mass is 651 g/mol. The number of hydrogen-bond donors (Lipinski definition) is 2. The average molecular weight is 651 g/mol. The van der Waals surface area contributed by atoms with E-state index in [1.54, 1.807) is 6.08 Å². The first-order valence-electron chi connectivity index (χ1n) is 20.7. The Morgan fingerprint density at radius 1 is 0.370 bits per heavy atom. The van der Waals surface area contributed by atoms with Gasteiger partial charge in [-0.25, -0.2) is 4.79 Å². The highest BCUT2D eigenvalue weighted by atomic mass is 16.4. The molecule has 0 fully saturated rings. The van der Waals surface area contributed by atoms with E-state index in [0.29, 0.717) is 6.42 Å². The highest BCUT2D eigenvalue weighted by molar-refractivity contribution is 5.79. The van der Waals surface area contributed by atoms with Crippen molar-refractivity contribution in [1.29, 1.82) is 0 Å². The van der Waals surface area contributed by atoms with Gasteiger partial charge in [-0.3, -0.25) is 4.79 Å². The number of allylic oxidation sites excluding steroid dienone is 1. The normalized spacial score (nSPS) is 11.2. The molecule has 2 N–H and O–H groups in total. The Balaban J connectivity index is 0. The van der Waals surface area contributed by atoms with Gasteiger partial charge in [-0.15, -0.1) is 0 Å². The Labute approximate surface area is 288 Å². The lowest BCUT2D eigenvalue weighted by atomic mass is 10.0. The van der Waals surface area contributed by atoms with Gasteiger partial charge in [0.05, 0.1) is 0 Å². The van der Waals surface area contributed by atoms with Crippen LogP contribution in [0.4, 0.5) is 0 Å². The van der Waals surface area contributed by atoms with Crippen molar-refractivity contribution in [2.24, 2.45) is 0 Å². The molecule has 0 aromatic carbocycles. The van der Waals surface area contributed by atoms with Crippen molar-refractivity contribution < 1.29 is 19.8 Å². The van der Waals surface area contributed by atoms with E-state index in [-0.39, 0.29) is 0 Å². The van der Waals surface area contributed by atoms with Crippen molar-refractivity contribution in [2.75, 3.05) is 0 Å². The molecular weight excluding hydrogens is 568 g/mol. The second-order valence-electron chi connectivity index (χ2n) is 14.0. The fourth-order valence-electron chi connectivity index (χ4n) is 6.17. The fourth-order valence-corrected chi connectivity index (χ4v) is 6.17. The highest BCUT2D eigenvalue weighted by Gasteiger charge is 1.98. The number of aliphatic carboxylic acids is 2. The Morgan fingerprint density at radius 3 is 0.848 bits per heavy atom. The highest BCUT2D eigenvalue weighted by Crippen LogP contribution is 2.16. The van der Waals surface area contributed by atoms with E-state index < -0.39 is 11.9 Å². The van der Waals surface area contributed by atoms with Crippen LogP contribution in [0.1, 0.15) is 245 Å². The molecule has 46 heavy (non-hydrogen) atoms. The number of unbranched alkanes of at least 4 members (excludes halogenated alkanes) is 33. The van der Waals surface area contributed by atoms with E-state index >= 15 is 0 Å². The second-order valence-corrected chi connectivity index (χ2v) is 14.0. The molecule has 0 aliphatic rings. The maximum atomic E-state index is 10.4. The minimum Gasteiger partial charge on any atom is -0.481 e. The summed E-state index contributed by atoms with van der Waals surface area (Å²) in [6, 6.07) is 0. The quantitative estimate of drug-likeness (QED) is 0.0518. The molecule has 0 saturated carbocycles. The van der Waals surface area contributed by atoms with Crippen LogP contribution in [0, 0.1) is 0 Å². The maximum Gasteiger partial charge on any atom is 0.327 e. The molecule has 4 nitrogen and oxygen atoms in total. The molecule has 0 rings (SSSR count). The molecule has 0 aliphatic carbocycles. The third-order valence-electron chi connectivity index (χ3n) is 9.23. The molecule has 0 saturated heterocycles. The first kappa shape index (κ1) is 46.8. The van der Waals surface area contributed by atoms with Gasteiger partial charge in [0.1, 0.15) is 0 Å². The Kier molecular flexibility index (Phi) is 44.4. The van der Waals surface area contributed by atoms with Crippen LogP contribution in [0.25, 0.3) is 0 Å². The number of carboxylic acid groups (broad SMARTS) is 2. The second kappa shape index (κ2) is 43.7. The molecule has 0 spiro atoms. The molecule has 0 unspecified atom stereocenters. The molecule has 0 bridgehead atoms. The fraction of sp³-hybridized carbons (Fsp3) is 0.905. The summed E-state index contributed by atoms with van der Waals surface area (Å²) in [5, 5.41) is 17.0. The molecule has 0 atom stereocenters. The van der Waals surface area contributed by atoms with Crippen LogP contribution in [0.3, 0.4) is 0 Å². The van der Waals surface area contributed by atoms with Crippen LogP contribution < -0.4 is 0 Å². The summed E-state index contributed by atoms with van der Waals surface area (Å²) in [7, 11) is 0. The van der Waals surface area contributed by atoms with Crippen molar-refractivity contribution >= 4 is 11.9 Å². The van der Waals surface area contributed by atoms with Crippen LogP contribution in [-0.2, 0) is 9.59 Å². The number of carbonyl (C=O) groups is 2. The van der Waals surface area contributed by atoms with Crippen LogP contribution in [0.15, 0.2) is 12.2 Å². The van der Waals surface area contributed by atoms with Crippen molar-refractivity contribution in [3.63, 3.8) is 0 Å². The SMILES string of the molecule is CCCCCCCCCCCCCCCCC=CC(=O)O.CCCCCCCCCCCCCCCCCCCCCCC(=O)O. The minimum atomic E-state index is -0.833.